The largest absolute Gasteiger partial charge is 0.318 e. The number of aryl methyl sites for hydroxylation is 2. The highest BCUT2D eigenvalue weighted by atomic mass is 32.1. The van der Waals surface area contributed by atoms with E-state index in [2.05, 4.69) is 20.3 Å². The van der Waals surface area contributed by atoms with Crippen LogP contribution in [0.5, 0.6) is 0 Å². The first-order chi connectivity index (χ1) is 11.0. The van der Waals surface area contributed by atoms with Gasteiger partial charge in [0.1, 0.15) is 5.69 Å². The highest BCUT2D eigenvalue weighted by Crippen LogP contribution is 2.30. The van der Waals surface area contributed by atoms with Crippen LogP contribution in [-0.2, 0) is 0 Å². The molecule has 3 aromatic rings. The van der Waals surface area contributed by atoms with Crippen molar-refractivity contribution in [1.29, 1.82) is 0 Å². The molecule has 0 aliphatic rings. The van der Waals surface area contributed by atoms with Crippen molar-refractivity contribution in [3.63, 3.8) is 0 Å². The Morgan fingerprint density at radius 2 is 1.96 bits per heavy atom. The quantitative estimate of drug-likeness (QED) is 0.577. The zero-order chi connectivity index (χ0) is 16.4. The molecule has 0 bridgehead atoms. The molecule has 0 spiro atoms. The summed E-state index contributed by atoms with van der Waals surface area (Å²) < 4.78 is 0. The van der Waals surface area contributed by atoms with Gasteiger partial charge in [-0.05, 0) is 26.0 Å². The Labute approximate surface area is 136 Å². The Balaban J connectivity index is 1.95. The Bertz CT molecular complexity index is 878. The van der Waals surface area contributed by atoms with Gasteiger partial charge in [-0.15, -0.1) is 11.3 Å². The predicted molar refractivity (Wildman–Crippen MR) is 89.0 cm³/mol. The molecule has 1 aromatic carbocycles. The van der Waals surface area contributed by atoms with Crippen LogP contribution in [0.15, 0.2) is 36.5 Å². The summed E-state index contributed by atoms with van der Waals surface area (Å²) in [6.07, 6.45) is 1.62. The number of nitrogens with zero attached hydrogens (tertiary/aromatic N) is 4. The van der Waals surface area contributed by atoms with Gasteiger partial charge in [0, 0.05) is 12.3 Å². The van der Waals surface area contributed by atoms with Gasteiger partial charge in [-0.1, -0.05) is 12.1 Å². The lowest BCUT2D eigenvalue weighted by Gasteiger charge is -2.06. The van der Waals surface area contributed by atoms with Crippen LogP contribution in [0.25, 0.3) is 10.6 Å². The average molecular weight is 327 g/mol. The molecule has 0 radical (unpaired) electrons. The Kier molecular flexibility index (Phi) is 3.98. The first kappa shape index (κ1) is 15.0. The van der Waals surface area contributed by atoms with Crippen LogP contribution in [-0.4, -0.2) is 19.9 Å². The molecule has 0 amide bonds. The molecule has 1 N–H and O–H groups in total. The monoisotopic (exact) mass is 327 g/mol. The average Bonchev–Trinajstić information content (AvgIpc) is 2.86. The van der Waals surface area contributed by atoms with Crippen LogP contribution in [0.3, 0.4) is 0 Å². The molecular formula is C15H13N5O2S. The van der Waals surface area contributed by atoms with E-state index in [0.29, 0.717) is 11.6 Å². The standard InChI is InChI=1S/C15H13N5O2S/c1-9-14(23-10(2)17-9)12-7-8-16-15(19-12)18-11-5-3-4-6-13(11)20(21)22/h3-8H,1-2H3,(H,16,18,19). The molecule has 0 fully saturated rings. The van der Waals surface area contributed by atoms with Gasteiger partial charge in [-0.3, -0.25) is 10.1 Å². The van der Waals surface area contributed by atoms with Crippen LogP contribution in [0.1, 0.15) is 10.7 Å². The summed E-state index contributed by atoms with van der Waals surface area (Å²) >= 11 is 1.55. The van der Waals surface area contributed by atoms with Crippen LogP contribution in [0.4, 0.5) is 17.3 Å². The number of nitrogens with one attached hydrogen (secondary N) is 1. The number of hydrogen-bond donors (Lipinski definition) is 1. The number of rotatable bonds is 4. The molecule has 2 heterocycles. The molecule has 0 aliphatic carbocycles. The van der Waals surface area contributed by atoms with Gasteiger partial charge in [-0.25, -0.2) is 15.0 Å². The summed E-state index contributed by atoms with van der Waals surface area (Å²) in [6.45, 7) is 3.87. The van der Waals surface area contributed by atoms with E-state index in [1.54, 1.807) is 41.8 Å². The number of nitro benzene ring substituents is 1. The summed E-state index contributed by atoms with van der Waals surface area (Å²) in [5.41, 5.74) is 1.98. The highest BCUT2D eigenvalue weighted by molar-refractivity contribution is 7.15. The molecule has 7 nitrogen and oxygen atoms in total. The van der Waals surface area contributed by atoms with Crippen molar-refractivity contribution in [2.24, 2.45) is 0 Å². The number of para-hydroxylation sites is 2. The van der Waals surface area contributed by atoms with E-state index in [1.165, 1.54) is 6.07 Å². The summed E-state index contributed by atoms with van der Waals surface area (Å²) in [5.74, 6) is 0.308. The summed E-state index contributed by atoms with van der Waals surface area (Å²) in [7, 11) is 0. The maximum Gasteiger partial charge on any atom is 0.292 e. The minimum atomic E-state index is -0.442. The molecule has 3 rings (SSSR count). The summed E-state index contributed by atoms with van der Waals surface area (Å²) in [5, 5.41) is 14.9. The van der Waals surface area contributed by atoms with Gasteiger partial charge >= 0.3 is 0 Å². The van der Waals surface area contributed by atoms with Gasteiger partial charge in [-0.2, -0.15) is 0 Å². The second-order valence-corrected chi connectivity index (χ2v) is 6.02. The van der Waals surface area contributed by atoms with Crippen LogP contribution in [0.2, 0.25) is 0 Å². The number of thiazole rings is 1. The third kappa shape index (κ3) is 3.16. The van der Waals surface area contributed by atoms with Crippen molar-refractivity contribution in [2.45, 2.75) is 13.8 Å². The van der Waals surface area contributed by atoms with Gasteiger partial charge in [0.25, 0.3) is 5.69 Å². The van der Waals surface area contributed by atoms with E-state index >= 15 is 0 Å². The normalized spacial score (nSPS) is 10.5. The SMILES string of the molecule is Cc1nc(C)c(-c2ccnc(Nc3ccccc3[N+](=O)[O-])n2)s1. The molecule has 0 unspecified atom stereocenters. The van der Waals surface area contributed by atoms with Crippen molar-refractivity contribution < 1.29 is 4.92 Å². The van der Waals surface area contributed by atoms with Crippen LogP contribution >= 0.6 is 11.3 Å². The van der Waals surface area contributed by atoms with Crippen molar-refractivity contribution in [1.82, 2.24) is 15.0 Å². The van der Waals surface area contributed by atoms with Crippen molar-refractivity contribution in [3.8, 4) is 10.6 Å². The summed E-state index contributed by atoms with van der Waals surface area (Å²) in [4.78, 5) is 24.6. The number of nitro groups is 1. The Hall–Kier alpha value is -2.87. The Morgan fingerprint density at radius 1 is 1.17 bits per heavy atom. The van der Waals surface area contributed by atoms with Crippen molar-refractivity contribution in [2.75, 3.05) is 5.32 Å². The topological polar surface area (TPSA) is 93.8 Å². The number of anilines is 2. The zero-order valence-corrected chi connectivity index (χ0v) is 13.3. The van der Waals surface area contributed by atoms with Gasteiger partial charge in [0.15, 0.2) is 0 Å². The lowest BCUT2D eigenvalue weighted by molar-refractivity contribution is -0.383. The second kappa shape index (κ2) is 6.09. The van der Waals surface area contributed by atoms with E-state index in [9.17, 15) is 10.1 Å². The molecule has 0 atom stereocenters. The minimum Gasteiger partial charge on any atom is -0.318 e. The number of aromatic nitrogens is 3. The van der Waals surface area contributed by atoms with E-state index in [4.69, 9.17) is 0 Å². The zero-order valence-electron chi connectivity index (χ0n) is 12.5. The second-order valence-electron chi connectivity index (χ2n) is 4.81. The molecule has 23 heavy (non-hydrogen) atoms. The fourth-order valence-corrected chi connectivity index (χ4v) is 3.06. The lowest BCUT2D eigenvalue weighted by Crippen LogP contribution is -2.00. The van der Waals surface area contributed by atoms with Gasteiger partial charge < -0.3 is 5.32 Å². The maximum absolute atomic E-state index is 11.1. The smallest absolute Gasteiger partial charge is 0.292 e. The highest BCUT2D eigenvalue weighted by Gasteiger charge is 2.14. The lowest BCUT2D eigenvalue weighted by atomic mass is 10.2. The van der Waals surface area contributed by atoms with Crippen molar-refractivity contribution in [3.05, 3.63) is 57.3 Å². The molecule has 0 saturated heterocycles. The van der Waals surface area contributed by atoms with E-state index in [0.717, 1.165) is 21.3 Å². The van der Waals surface area contributed by atoms with Gasteiger partial charge in [0.05, 0.1) is 26.2 Å². The van der Waals surface area contributed by atoms with Crippen LogP contribution < -0.4 is 5.32 Å². The predicted octanol–water partition coefficient (Wildman–Crippen LogP) is 3.87. The minimum absolute atomic E-state index is 0.0219. The number of benzene rings is 1. The van der Waals surface area contributed by atoms with Gasteiger partial charge in [0.2, 0.25) is 5.95 Å². The first-order valence-electron chi connectivity index (χ1n) is 6.82. The van der Waals surface area contributed by atoms with E-state index in [1.807, 2.05) is 13.8 Å². The fourth-order valence-electron chi connectivity index (χ4n) is 2.17. The molecule has 0 saturated carbocycles. The third-order valence-corrected chi connectivity index (χ3v) is 4.23. The first-order valence-corrected chi connectivity index (χ1v) is 7.64. The molecule has 8 heteroatoms. The van der Waals surface area contributed by atoms with Crippen molar-refractivity contribution >= 4 is 28.7 Å². The van der Waals surface area contributed by atoms with Crippen LogP contribution in [0, 0.1) is 24.0 Å². The third-order valence-electron chi connectivity index (χ3n) is 3.14. The van der Waals surface area contributed by atoms with E-state index in [-0.39, 0.29) is 5.69 Å². The van der Waals surface area contributed by atoms with E-state index < -0.39 is 4.92 Å². The molecule has 116 valence electrons. The fraction of sp³-hybridized carbons (Fsp3) is 0.133. The maximum atomic E-state index is 11.1. The molecule has 0 aliphatic heterocycles. The number of hydrogen-bond acceptors (Lipinski definition) is 7. The Morgan fingerprint density at radius 3 is 2.65 bits per heavy atom. The molecular weight excluding hydrogens is 314 g/mol. The summed E-state index contributed by atoms with van der Waals surface area (Å²) in [6, 6.07) is 8.18. The molecule has 2 aromatic heterocycles.